The van der Waals surface area contributed by atoms with Crippen LogP contribution in [0.2, 0.25) is 0 Å². The van der Waals surface area contributed by atoms with Crippen molar-refractivity contribution in [2.75, 3.05) is 6.54 Å². The summed E-state index contributed by atoms with van der Waals surface area (Å²) in [6.07, 6.45) is 4.24. The molecule has 21 heavy (non-hydrogen) atoms. The van der Waals surface area contributed by atoms with Gasteiger partial charge in [-0.15, -0.1) is 0 Å². The Bertz CT molecular complexity index is 758. The highest BCUT2D eigenvalue weighted by Gasteiger charge is 2.09. The first-order valence-corrected chi connectivity index (χ1v) is 6.94. The third kappa shape index (κ3) is 2.79. The summed E-state index contributed by atoms with van der Waals surface area (Å²) in [4.78, 5) is 16.3. The Morgan fingerprint density at radius 3 is 3.05 bits per heavy atom. The van der Waals surface area contributed by atoms with E-state index in [1.54, 1.807) is 6.20 Å². The average Bonchev–Trinajstić information content (AvgIpc) is 3.10. The number of nitrogens with one attached hydrogen (secondary N) is 2. The minimum absolute atomic E-state index is 0.0864. The van der Waals surface area contributed by atoms with Crippen LogP contribution in [0.5, 0.6) is 0 Å². The second-order valence-corrected chi connectivity index (χ2v) is 4.94. The van der Waals surface area contributed by atoms with Gasteiger partial charge in [0.1, 0.15) is 0 Å². The highest BCUT2D eigenvalue weighted by molar-refractivity contribution is 5.94. The SMILES string of the molecule is Cc1[nH]ncc1C(=O)NCCCn1cnc2ccccc21. The molecule has 1 amide bonds. The lowest BCUT2D eigenvalue weighted by Gasteiger charge is -2.06. The third-order valence-electron chi connectivity index (χ3n) is 3.46. The summed E-state index contributed by atoms with van der Waals surface area (Å²) in [5.74, 6) is -0.0864. The van der Waals surface area contributed by atoms with Gasteiger partial charge in [-0.25, -0.2) is 4.98 Å². The van der Waals surface area contributed by atoms with Gasteiger partial charge in [-0.3, -0.25) is 9.89 Å². The smallest absolute Gasteiger partial charge is 0.254 e. The normalized spacial score (nSPS) is 10.9. The van der Waals surface area contributed by atoms with Crippen LogP contribution in [0.25, 0.3) is 11.0 Å². The quantitative estimate of drug-likeness (QED) is 0.702. The maximum Gasteiger partial charge on any atom is 0.254 e. The van der Waals surface area contributed by atoms with E-state index in [2.05, 4.69) is 31.1 Å². The fraction of sp³-hybridized carbons (Fsp3) is 0.267. The number of hydrogen-bond donors (Lipinski definition) is 2. The lowest BCUT2D eigenvalue weighted by Crippen LogP contribution is -2.25. The van der Waals surface area contributed by atoms with Crippen molar-refractivity contribution >= 4 is 16.9 Å². The van der Waals surface area contributed by atoms with Crippen molar-refractivity contribution in [1.29, 1.82) is 0 Å². The molecule has 0 aliphatic heterocycles. The Hall–Kier alpha value is -2.63. The summed E-state index contributed by atoms with van der Waals surface area (Å²) < 4.78 is 2.10. The summed E-state index contributed by atoms with van der Waals surface area (Å²) in [6.45, 7) is 3.28. The number of fused-ring (bicyclic) bond motifs is 1. The van der Waals surface area contributed by atoms with Gasteiger partial charge in [0.2, 0.25) is 0 Å². The predicted octanol–water partition coefficient (Wildman–Crippen LogP) is 1.89. The number of benzene rings is 1. The van der Waals surface area contributed by atoms with Gasteiger partial charge in [-0.1, -0.05) is 12.1 Å². The molecule has 3 rings (SSSR count). The molecule has 0 bridgehead atoms. The van der Waals surface area contributed by atoms with E-state index in [0.717, 1.165) is 29.7 Å². The second-order valence-electron chi connectivity index (χ2n) is 4.94. The molecule has 0 aliphatic carbocycles. The molecule has 0 saturated heterocycles. The van der Waals surface area contributed by atoms with Crippen LogP contribution in [0, 0.1) is 6.92 Å². The standard InChI is InChI=1S/C15H17N5O/c1-11-12(9-18-19-11)15(21)16-7-4-8-20-10-17-13-5-2-3-6-14(13)20/h2-3,5-6,9-10H,4,7-8H2,1H3,(H,16,21)(H,18,19). The minimum atomic E-state index is -0.0864. The Labute approximate surface area is 122 Å². The van der Waals surface area contributed by atoms with E-state index in [-0.39, 0.29) is 5.91 Å². The first-order chi connectivity index (χ1) is 10.3. The molecule has 0 radical (unpaired) electrons. The van der Waals surface area contributed by atoms with E-state index in [4.69, 9.17) is 0 Å². The fourth-order valence-corrected chi connectivity index (χ4v) is 2.31. The van der Waals surface area contributed by atoms with Crippen molar-refractivity contribution in [2.24, 2.45) is 0 Å². The molecule has 108 valence electrons. The van der Waals surface area contributed by atoms with Gasteiger partial charge in [0.25, 0.3) is 5.91 Å². The number of carbonyl (C=O) groups excluding carboxylic acids is 1. The lowest BCUT2D eigenvalue weighted by molar-refractivity contribution is 0.0952. The second kappa shape index (κ2) is 5.78. The van der Waals surface area contributed by atoms with Crippen molar-refractivity contribution in [1.82, 2.24) is 25.1 Å². The van der Waals surface area contributed by atoms with Crippen LogP contribution in [0.4, 0.5) is 0 Å². The molecule has 0 unspecified atom stereocenters. The van der Waals surface area contributed by atoms with E-state index in [0.29, 0.717) is 12.1 Å². The van der Waals surface area contributed by atoms with Crippen LogP contribution >= 0.6 is 0 Å². The van der Waals surface area contributed by atoms with Crippen LogP contribution in [0.3, 0.4) is 0 Å². The van der Waals surface area contributed by atoms with Crippen molar-refractivity contribution in [3.63, 3.8) is 0 Å². The summed E-state index contributed by atoms with van der Waals surface area (Å²) in [5.41, 5.74) is 3.50. The van der Waals surface area contributed by atoms with Crippen molar-refractivity contribution in [3.05, 3.63) is 48.0 Å². The first kappa shape index (κ1) is 13.4. The van der Waals surface area contributed by atoms with Gasteiger partial charge in [-0.05, 0) is 25.5 Å². The number of hydrogen-bond acceptors (Lipinski definition) is 3. The Morgan fingerprint density at radius 1 is 1.38 bits per heavy atom. The number of aromatic amines is 1. The molecule has 0 fully saturated rings. The van der Waals surface area contributed by atoms with E-state index in [1.807, 2.05) is 31.5 Å². The van der Waals surface area contributed by atoms with E-state index < -0.39 is 0 Å². The largest absolute Gasteiger partial charge is 0.352 e. The number of carbonyl (C=O) groups is 1. The predicted molar refractivity (Wildman–Crippen MR) is 80.0 cm³/mol. The van der Waals surface area contributed by atoms with Crippen molar-refractivity contribution in [3.8, 4) is 0 Å². The first-order valence-electron chi connectivity index (χ1n) is 6.94. The zero-order valence-electron chi connectivity index (χ0n) is 11.8. The number of para-hydroxylation sites is 2. The molecule has 3 aromatic rings. The molecule has 2 heterocycles. The van der Waals surface area contributed by atoms with Gasteiger partial charge in [0.15, 0.2) is 0 Å². The molecular weight excluding hydrogens is 266 g/mol. The van der Waals surface area contributed by atoms with E-state index >= 15 is 0 Å². The molecule has 1 aromatic carbocycles. The topological polar surface area (TPSA) is 75.6 Å². The molecule has 0 atom stereocenters. The third-order valence-corrected chi connectivity index (χ3v) is 3.46. The van der Waals surface area contributed by atoms with Gasteiger partial charge in [0, 0.05) is 18.8 Å². The van der Waals surface area contributed by atoms with Gasteiger partial charge in [0.05, 0.1) is 29.1 Å². The molecule has 6 heteroatoms. The van der Waals surface area contributed by atoms with E-state index in [1.165, 1.54) is 0 Å². The maximum atomic E-state index is 11.9. The summed E-state index contributed by atoms with van der Waals surface area (Å²) >= 11 is 0. The zero-order chi connectivity index (χ0) is 14.7. The molecule has 2 aromatic heterocycles. The monoisotopic (exact) mass is 283 g/mol. The summed E-state index contributed by atoms with van der Waals surface area (Å²) in [5, 5.41) is 9.51. The lowest BCUT2D eigenvalue weighted by atomic mass is 10.2. The fourth-order valence-electron chi connectivity index (χ4n) is 2.31. The number of H-pyrrole nitrogens is 1. The highest BCUT2D eigenvalue weighted by Crippen LogP contribution is 2.11. The number of nitrogens with zero attached hydrogens (tertiary/aromatic N) is 3. The molecule has 0 spiro atoms. The molecule has 0 aliphatic rings. The van der Waals surface area contributed by atoms with Crippen LogP contribution in [-0.2, 0) is 6.54 Å². The van der Waals surface area contributed by atoms with Gasteiger partial charge >= 0.3 is 0 Å². The van der Waals surface area contributed by atoms with Crippen LogP contribution < -0.4 is 5.32 Å². The molecule has 2 N–H and O–H groups in total. The molecule has 0 saturated carbocycles. The van der Waals surface area contributed by atoms with Gasteiger partial charge < -0.3 is 9.88 Å². The average molecular weight is 283 g/mol. The Balaban J connectivity index is 1.53. The van der Waals surface area contributed by atoms with Gasteiger partial charge in [-0.2, -0.15) is 5.10 Å². The number of aryl methyl sites for hydroxylation is 2. The minimum Gasteiger partial charge on any atom is -0.352 e. The van der Waals surface area contributed by atoms with Crippen LogP contribution in [0.15, 0.2) is 36.8 Å². The summed E-state index contributed by atoms with van der Waals surface area (Å²) in [7, 11) is 0. The Morgan fingerprint density at radius 2 is 2.24 bits per heavy atom. The maximum absolute atomic E-state index is 11.9. The molecular formula is C15H17N5O. The number of amides is 1. The highest BCUT2D eigenvalue weighted by atomic mass is 16.1. The zero-order valence-corrected chi connectivity index (χ0v) is 11.8. The van der Waals surface area contributed by atoms with Crippen LogP contribution in [0.1, 0.15) is 22.5 Å². The van der Waals surface area contributed by atoms with Crippen LogP contribution in [-0.4, -0.2) is 32.2 Å². The van der Waals surface area contributed by atoms with Crippen molar-refractivity contribution < 1.29 is 4.79 Å². The van der Waals surface area contributed by atoms with E-state index in [9.17, 15) is 4.79 Å². The molecule has 6 nitrogen and oxygen atoms in total. The Kier molecular flexibility index (Phi) is 3.68. The number of aromatic nitrogens is 4. The number of imidazole rings is 1. The number of rotatable bonds is 5. The van der Waals surface area contributed by atoms with Crippen molar-refractivity contribution in [2.45, 2.75) is 19.9 Å². The summed E-state index contributed by atoms with van der Waals surface area (Å²) in [6, 6.07) is 8.03.